The lowest BCUT2D eigenvalue weighted by atomic mass is 9.49. The van der Waals surface area contributed by atoms with E-state index in [2.05, 4.69) is 17.0 Å². The second-order valence-corrected chi connectivity index (χ2v) is 8.89. The van der Waals surface area contributed by atoms with Crippen LogP contribution in [0.1, 0.15) is 61.6 Å². The van der Waals surface area contributed by atoms with Gasteiger partial charge >= 0.3 is 0 Å². The summed E-state index contributed by atoms with van der Waals surface area (Å²) < 4.78 is 0. The standard InChI is InChI=1S/C21H29NO2/c1-14-4-7-16-12-17-21(24)9-3-2-8-20(21,18(16)19(14)23)10-11-22(17)13-15-5-6-15/h4,7,15,17,23-24H,2-3,5-6,8-13H2,1H3/t17-,20+,21-/m1/s1. The monoisotopic (exact) mass is 327 g/mol. The highest BCUT2D eigenvalue weighted by atomic mass is 16.3. The third-order valence-electron chi connectivity index (χ3n) is 7.61. The largest absolute Gasteiger partial charge is 0.507 e. The predicted molar refractivity (Wildman–Crippen MR) is 94.3 cm³/mol. The number of hydrogen-bond acceptors (Lipinski definition) is 3. The lowest BCUT2D eigenvalue weighted by Crippen LogP contribution is -2.72. The van der Waals surface area contributed by atoms with Crippen LogP contribution in [0, 0.1) is 12.8 Å². The number of piperidine rings is 1. The van der Waals surface area contributed by atoms with E-state index in [-0.39, 0.29) is 11.5 Å². The van der Waals surface area contributed by atoms with Crippen LogP contribution in [0.25, 0.3) is 0 Å². The summed E-state index contributed by atoms with van der Waals surface area (Å²) >= 11 is 0. The maximum Gasteiger partial charge on any atom is 0.122 e. The van der Waals surface area contributed by atoms with Gasteiger partial charge in [-0.25, -0.2) is 0 Å². The highest BCUT2D eigenvalue weighted by Gasteiger charge is 2.64. The van der Waals surface area contributed by atoms with Gasteiger partial charge in [0.05, 0.1) is 5.60 Å². The predicted octanol–water partition coefficient (Wildman–Crippen LogP) is 3.28. The van der Waals surface area contributed by atoms with Gasteiger partial charge < -0.3 is 10.2 Å². The summed E-state index contributed by atoms with van der Waals surface area (Å²) in [5.74, 6) is 1.32. The van der Waals surface area contributed by atoms with Gasteiger partial charge in [-0.2, -0.15) is 0 Å². The van der Waals surface area contributed by atoms with Gasteiger partial charge in [-0.05, 0) is 69.0 Å². The number of benzene rings is 1. The van der Waals surface area contributed by atoms with Crippen LogP contribution in [0.3, 0.4) is 0 Å². The Morgan fingerprint density at radius 2 is 1.96 bits per heavy atom. The van der Waals surface area contributed by atoms with E-state index in [1.807, 2.05) is 6.92 Å². The molecule has 3 atom stereocenters. The number of phenolic OH excluding ortho intramolecular Hbond substituents is 1. The second kappa shape index (κ2) is 4.98. The van der Waals surface area contributed by atoms with Crippen molar-refractivity contribution in [2.24, 2.45) is 5.92 Å². The van der Waals surface area contributed by atoms with E-state index in [4.69, 9.17) is 0 Å². The number of fused-ring (bicyclic) bond motifs is 1. The maximum atomic E-state index is 12.0. The maximum absolute atomic E-state index is 12.0. The van der Waals surface area contributed by atoms with Gasteiger partial charge in [-0.15, -0.1) is 0 Å². The minimum atomic E-state index is -0.656. The van der Waals surface area contributed by atoms with E-state index in [0.29, 0.717) is 5.75 Å². The quantitative estimate of drug-likeness (QED) is 0.876. The topological polar surface area (TPSA) is 43.7 Å². The van der Waals surface area contributed by atoms with Crippen molar-refractivity contribution in [1.82, 2.24) is 4.90 Å². The lowest BCUT2D eigenvalue weighted by Gasteiger charge is -2.64. The zero-order chi connectivity index (χ0) is 16.5. The summed E-state index contributed by atoms with van der Waals surface area (Å²) in [6, 6.07) is 4.51. The van der Waals surface area contributed by atoms with Gasteiger partial charge in [0.1, 0.15) is 5.75 Å². The number of aryl methyl sites for hydroxylation is 1. The van der Waals surface area contributed by atoms with E-state index in [9.17, 15) is 10.2 Å². The van der Waals surface area contributed by atoms with Crippen molar-refractivity contribution in [3.8, 4) is 5.75 Å². The summed E-state index contributed by atoms with van der Waals surface area (Å²) in [6.07, 6.45) is 8.84. The average molecular weight is 327 g/mol. The van der Waals surface area contributed by atoms with Crippen LogP contribution in [0.15, 0.2) is 12.1 Å². The highest BCUT2D eigenvalue weighted by Crippen LogP contribution is 2.60. The third kappa shape index (κ3) is 1.86. The van der Waals surface area contributed by atoms with Crippen LogP contribution in [0.4, 0.5) is 0 Å². The number of phenols is 1. The molecule has 130 valence electrons. The van der Waals surface area contributed by atoms with E-state index in [0.717, 1.165) is 62.2 Å². The molecule has 0 aromatic heterocycles. The molecule has 1 heterocycles. The average Bonchev–Trinajstić information content (AvgIpc) is 3.37. The van der Waals surface area contributed by atoms with E-state index in [1.165, 1.54) is 24.8 Å². The summed E-state index contributed by atoms with van der Waals surface area (Å²) in [5, 5.41) is 22.9. The molecule has 1 aliphatic heterocycles. The van der Waals surface area contributed by atoms with Crippen LogP contribution >= 0.6 is 0 Å². The molecule has 2 saturated carbocycles. The Labute approximate surface area is 144 Å². The fourth-order valence-corrected chi connectivity index (χ4v) is 6.16. The fraction of sp³-hybridized carbons (Fsp3) is 0.714. The third-order valence-corrected chi connectivity index (χ3v) is 7.61. The molecule has 0 unspecified atom stereocenters. The molecule has 3 nitrogen and oxygen atoms in total. The zero-order valence-electron chi connectivity index (χ0n) is 14.7. The van der Waals surface area contributed by atoms with Crippen LogP contribution in [0.5, 0.6) is 5.75 Å². The normalized spacial score (nSPS) is 38.5. The lowest BCUT2D eigenvalue weighted by molar-refractivity contribution is -0.167. The molecule has 2 N–H and O–H groups in total. The van der Waals surface area contributed by atoms with Crippen LogP contribution < -0.4 is 0 Å². The number of rotatable bonds is 2. The first kappa shape index (κ1) is 15.2. The van der Waals surface area contributed by atoms with Crippen molar-refractivity contribution in [3.63, 3.8) is 0 Å². The van der Waals surface area contributed by atoms with Crippen molar-refractivity contribution in [1.29, 1.82) is 0 Å². The van der Waals surface area contributed by atoms with Gasteiger partial charge in [0.25, 0.3) is 0 Å². The molecule has 5 rings (SSSR count). The molecule has 0 radical (unpaired) electrons. The number of hydrogen-bond donors (Lipinski definition) is 2. The molecular formula is C21H29NO2. The molecule has 1 saturated heterocycles. The van der Waals surface area contributed by atoms with Crippen LogP contribution in [0.2, 0.25) is 0 Å². The Bertz CT molecular complexity index is 683. The van der Waals surface area contributed by atoms with Crippen LogP contribution in [-0.2, 0) is 11.8 Å². The van der Waals surface area contributed by atoms with Gasteiger partial charge in [0.2, 0.25) is 0 Å². The summed E-state index contributed by atoms with van der Waals surface area (Å²) in [4.78, 5) is 2.60. The van der Waals surface area contributed by atoms with Crippen molar-refractivity contribution in [2.45, 2.75) is 75.3 Å². The van der Waals surface area contributed by atoms with E-state index >= 15 is 0 Å². The summed E-state index contributed by atoms with van der Waals surface area (Å²) in [5.41, 5.74) is 2.47. The molecule has 3 fully saturated rings. The summed E-state index contributed by atoms with van der Waals surface area (Å²) in [6.45, 7) is 4.23. The molecule has 0 spiro atoms. The molecule has 0 amide bonds. The molecular weight excluding hydrogens is 298 g/mol. The molecule has 3 aliphatic carbocycles. The minimum absolute atomic E-state index is 0.223. The first-order chi connectivity index (χ1) is 11.6. The van der Waals surface area contributed by atoms with E-state index in [1.54, 1.807) is 0 Å². The Morgan fingerprint density at radius 3 is 2.75 bits per heavy atom. The van der Waals surface area contributed by atoms with Gasteiger partial charge in [-0.1, -0.05) is 25.0 Å². The highest BCUT2D eigenvalue weighted by molar-refractivity contribution is 5.55. The minimum Gasteiger partial charge on any atom is -0.507 e. The van der Waals surface area contributed by atoms with Crippen molar-refractivity contribution >= 4 is 0 Å². The molecule has 1 aromatic rings. The number of nitrogens with zero attached hydrogens (tertiary/aromatic N) is 1. The van der Waals surface area contributed by atoms with Crippen molar-refractivity contribution in [3.05, 3.63) is 28.8 Å². The Balaban J connectivity index is 1.67. The second-order valence-electron chi connectivity index (χ2n) is 8.89. The molecule has 1 aromatic carbocycles. The van der Waals surface area contributed by atoms with Gasteiger partial charge in [-0.3, -0.25) is 4.90 Å². The van der Waals surface area contributed by atoms with Crippen molar-refractivity contribution < 1.29 is 10.2 Å². The Morgan fingerprint density at radius 1 is 1.17 bits per heavy atom. The molecule has 24 heavy (non-hydrogen) atoms. The van der Waals surface area contributed by atoms with Gasteiger partial charge in [0, 0.05) is 23.6 Å². The SMILES string of the molecule is Cc1ccc2c(c1O)[C@@]13CCCC[C@@]1(O)[C@@H](C2)N(CC1CC1)CC3. The molecule has 2 bridgehead atoms. The Hall–Kier alpha value is -1.06. The summed E-state index contributed by atoms with van der Waals surface area (Å²) in [7, 11) is 0. The molecule has 3 heteroatoms. The van der Waals surface area contributed by atoms with Crippen molar-refractivity contribution in [2.75, 3.05) is 13.1 Å². The number of aliphatic hydroxyl groups is 1. The first-order valence-corrected chi connectivity index (χ1v) is 9.83. The molecule has 4 aliphatic rings. The van der Waals surface area contributed by atoms with Crippen LogP contribution in [-0.4, -0.2) is 39.8 Å². The number of aromatic hydroxyl groups is 1. The first-order valence-electron chi connectivity index (χ1n) is 9.83. The van der Waals surface area contributed by atoms with Gasteiger partial charge in [0.15, 0.2) is 0 Å². The zero-order valence-corrected chi connectivity index (χ0v) is 14.7. The smallest absolute Gasteiger partial charge is 0.122 e. The number of likely N-dealkylation sites (tertiary alicyclic amines) is 1. The Kier molecular flexibility index (Phi) is 3.16. The van der Waals surface area contributed by atoms with E-state index < -0.39 is 5.60 Å². The fourth-order valence-electron chi connectivity index (χ4n) is 6.16.